The highest BCUT2D eigenvalue weighted by Gasteiger charge is 2.51. The molecule has 0 radical (unpaired) electrons. The van der Waals surface area contributed by atoms with E-state index in [1.54, 1.807) is 24.3 Å². The summed E-state index contributed by atoms with van der Waals surface area (Å²) in [5.74, 6) is -0.626. The maximum atomic E-state index is 13.8. The minimum Gasteiger partial charge on any atom is -0.399 e. The van der Waals surface area contributed by atoms with Crippen molar-refractivity contribution in [3.63, 3.8) is 0 Å². The lowest BCUT2D eigenvalue weighted by atomic mass is 9.94. The molecular weight excluding hydrogens is 335 g/mol. The van der Waals surface area contributed by atoms with E-state index in [0.717, 1.165) is 18.4 Å². The number of rotatable bonds is 3. The van der Waals surface area contributed by atoms with E-state index < -0.39 is 11.2 Å². The zero-order chi connectivity index (χ0) is 15.0. The first-order chi connectivity index (χ1) is 10.0. The van der Waals surface area contributed by atoms with Gasteiger partial charge in [-0.05, 0) is 48.7 Å². The van der Waals surface area contributed by atoms with Crippen molar-refractivity contribution < 1.29 is 9.18 Å². The molecule has 3 nitrogen and oxygen atoms in total. The molecule has 1 aliphatic rings. The summed E-state index contributed by atoms with van der Waals surface area (Å²) in [5.41, 5.74) is 6.90. The average Bonchev–Trinajstić information content (AvgIpc) is 3.24. The Morgan fingerprint density at radius 3 is 2.43 bits per heavy atom. The minimum absolute atomic E-state index is 0.173. The summed E-state index contributed by atoms with van der Waals surface area (Å²) in [4.78, 5) is 12.5. The maximum absolute atomic E-state index is 13.8. The lowest BCUT2D eigenvalue weighted by Crippen LogP contribution is -2.28. The van der Waals surface area contributed by atoms with Gasteiger partial charge in [-0.3, -0.25) is 4.79 Å². The molecule has 0 spiro atoms. The van der Waals surface area contributed by atoms with Crippen molar-refractivity contribution in [3.05, 3.63) is 58.3 Å². The molecular formula is C16H14BrFN2O. The molecule has 0 atom stereocenters. The number of carbonyl (C=O) groups excluding carboxylic acids is 1. The Hall–Kier alpha value is -1.88. The lowest BCUT2D eigenvalue weighted by Gasteiger charge is -2.16. The number of hydrogen-bond acceptors (Lipinski definition) is 2. The molecule has 1 fully saturated rings. The van der Waals surface area contributed by atoms with Crippen LogP contribution in [0.4, 0.5) is 15.8 Å². The van der Waals surface area contributed by atoms with Gasteiger partial charge in [-0.2, -0.15) is 0 Å². The van der Waals surface area contributed by atoms with Crippen LogP contribution in [-0.2, 0) is 10.2 Å². The van der Waals surface area contributed by atoms with Gasteiger partial charge in [0.1, 0.15) is 5.82 Å². The largest absolute Gasteiger partial charge is 0.399 e. The molecule has 2 aromatic rings. The maximum Gasteiger partial charge on any atom is 0.235 e. The van der Waals surface area contributed by atoms with Crippen molar-refractivity contribution in [2.24, 2.45) is 0 Å². The van der Waals surface area contributed by atoms with Crippen LogP contribution in [0.5, 0.6) is 0 Å². The Balaban J connectivity index is 1.83. The molecule has 21 heavy (non-hydrogen) atoms. The zero-order valence-electron chi connectivity index (χ0n) is 11.2. The van der Waals surface area contributed by atoms with E-state index in [2.05, 4.69) is 21.2 Å². The third kappa shape index (κ3) is 2.65. The number of nitrogen functional groups attached to an aromatic ring is 1. The van der Waals surface area contributed by atoms with Crippen LogP contribution in [0.3, 0.4) is 0 Å². The molecule has 3 N–H and O–H groups in total. The highest BCUT2D eigenvalue weighted by molar-refractivity contribution is 9.10. The molecule has 108 valence electrons. The van der Waals surface area contributed by atoms with Crippen LogP contribution in [0.1, 0.15) is 18.4 Å². The summed E-state index contributed by atoms with van der Waals surface area (Å²) in [6.07, 6.45) is 1.53. The monoisotopic (exact) mass is 348 g/mol. The summed E-state index contributed by atoms with van der Waals surface area (Å²) < 4.78 is 14.5. The molecule has 1 amide bonds. The third-order valence-electron chi connectivity index (χ3n) is 3.83. The Kier molecular flexibility index (Phi) is 3.45. The van der Waals surface area contributed by atoms with E-state index in [4.69, 9.17) is 5.73 Å². The molecule has 1 saturated carbocycles. The first-order valence-electron chi connectivity index (χ1n) is 6.64. The Morgan fingerprint density at radius 2 is 1.86 bits per heavy atom. The smallest absolute Gasteiger partial charge is 0.235 e. The van der Waals surface area contributed by atoms with E-state index >= 15 is 0 Å². The predicted octanol–water partition coefficient (Wildman–Crippen LogP) is 3.84. The van der Waals surface area contributed by atoms with Gasteiger partial charge in [0.05, 0.1) is 11.1 Å². The number of hydrogen-bond donors (Lipinski definition) is 2. The molecule has 0 heterocycles. The van der Waals surface area contributed by atoms with Crippen LogP contribution in [0.25, 0.3) is 0 Å². The lowest BCUT2D eigenvalue weighted by molar-refractivity contribution is -0.118. The number of nitrogens with one attached hydrogen (secondary N) is 1. The third-order valence-corrected chi connectivity index (χ3v) is 4.32. The number of benzene rings is 2. The van der Waals surface area contributed by atoms with Gasteiger partial charge < -0.3 is 11.1 Å². The van der Waals surface area contributed by atoms with Gasteiger partial charge in [-0.25, -0.2) is 4.39 Å². The van der Waals surface area contributed by atoms with Crippen molar-refractivity contribution in [2.45, 2.75) is 18.3 Å². The molecule has 1 aliphatic carbocycles. The summed E-state index contributed by atoms with van der Waals surface area (Å²) >= 11 is 3.19. The average molecular weight is 349 g/mol. The van der Waals surface area contributed by atoms with Gasteiger partial charge in [-0.1, -0.05) is 28.1 Å². The molecule has 5 heteroatoms. The first-order valence-corrected chi connectivity index (χ1v) is 7.43. The van der Waals surface area contributed by atoms with Crippen molar-refractivity contribution in [1.82, 2.24) is 0 Å². The highest BCUT2D eigenvalue weighted by Crippen LogP contribution is 2.49. The van der Waals surface area contributed by atoms with E-state index in [0.29, 0.717) is 10.2 Å². The van der Waals surface area contributed by atoms with Gasteiger partial charge in [-0.15, -0.1) is 0 Å². The van der Waals surface area contributed by atoms with Crippen molar-refractivity contribution >= 4 is 33.2 Å². The predicted molar refractivity (Wildman–Crippen MR) is 84.5 cm³/mol. The van der Waals surface area contributed by atoms with Gasteiger partial charge in [0.15, 0.2) is 0 Å². The van der Waals surface area contributed by atoms with Crippen LogP contribution in [0.15, 0.2) is 46.9 Å². The zero-order valence-corrected chi connectivity index (χ0v) is 12.8. The van der Waals surface area contributed by atoms with E-state index in [-0.39, 0.29) is 11.6 Å². The number of carbonyl (C=O) groups is 1. The van der Waals surface area contributed by atoms with E-state index in [9.17, 15) is 9.18 Å². The van der Waals surface area contributed by atoms with Gasteiger partial charge in [0, 0.05) is 10.2 Å². The molecule has 0 unspecified atom stereocenters. The first kappa shape index (κ1) is 14.1. The Morgan fingerprint density at radius 1 is 1.19 bits per heavy atom. The number of amides is 1. The van der Waals surface area contributed by atoms with Crippen LogP contribution < -0.4 is 11.1 Å². The van der Waals surface area contributed by atoms with Crippen LogP contribution in [0, 0.1) is 5.82 Å². The molecule has 0 aliphatic heterocycles. The molecule has 0 aromatic heterocycles. The van der Waals surface area contributed by atoms with Crippen LogP contribution in [-0.4, -0.2) is 5.91 Å². The van der Waals surface area contributed by atoms with Gasteiger partial charge in [0.25, 0.3) is 0 Å². The normalized spacial score (nSPS) is 15.5. The molecule has 3 rings (SSSR count). The van der Waals surface area contributed by atoms with E-state index in [1.165, 1.54) is 6.07 Å². The van der Waals surface area contributed by atoms with Crippen molar-refractivity contribution in [1.29, 1.82) is 0 Å². The highest BCUT2D eigenvalue weighted by atomic mass is 79.9. The fourth-order valence-electron chi connectivity index (χ4n) is 2.41. The fourth-order valence-corrected chi connectivity index (χ4v) is 2.74. The number of anilines is 2. The van der Waals surface area contributed by atoms with Crippen molar-refractivity contribution in [2.75, 3.05) is 11.1 Å². The summed E-state index contributed by atoms with van der Waals surface area (Å²) in [5, 5.41) is 2.69. The molecule has 2 aromatic carbocycles. The van der Waals surface area contributed by atoms with Gasteiger partial charge in [0.2, 0.25) is 5.91 Å². The van der Waals surface area contributed by atoms with Gasteiger partial charge >= 0.3 is 0 Å². The standard InChI is InChI=1S/C16H14BrFN2O/c17-11-3-6-14(13(18)9-11)20-15(21)16(7-8-16)10-1-4-12(19)5-2-10/h1-6,9H,7-8,19H2,(H,20,21). The van der Waals surface area contributed by atoms with Crippen molar-refractivity contribution in [3.8, 4) is 0 Å². The SMILES string of the molecule is Nc1ccc(C2(C(=O)Nc3ccc(Br)cc3F)CC2)cc1. The second kappa shape index (κ2) is 5.15. The topological polar surface area (TPSA) is 55.1 Å². The minimum atomic E-state index is -0.548. The fraction of sp³-hybridized carbons (Fsp3) is 0.188. The van der Waals surface area contributed by atoms with Crippen LogP contribution >= 0.6 is 15.9 Å². The Labute approximate surface area is 130 Å². The van der Waals surface area contributed by atoms with E-state index in [1.807, 2.05) is 12.1 Å². The number of halogens is 2. The number of nitrogens with two attached hydrogens (primary N) is 1. The summed E-state index contributed by atoms with van der Waals surface area (Å²) in [7, 11) is 0. The second-order valence-corrected chi connectivity index (χ2v) is 6.20. The summed E-state index contributed by atoms with van der Waals surface area (Å²) in [6.45, 7) is 0. The second-order valence-electron chi connectivity index (χ2n) is 5.28. The molecule has 0 saturated heterocycles. The quantitative estimate of drug-likeness (QED) is 0.828. The van der Waals surface area contributed by atoms with Crippen LogP contribution in [0.2, 0.25) is 0 Å². The Bertz CT molecular complexity index is 696. The summed E-state index contributed by atoms with van der Waals surface area (Å²) in [6, 6.07) is 11.9. The molecule has 0 bridgehead atoms.